The van der Waals surface area contributed by atoms with Crippen LogP contribution in [0.4, 0.5) is 11.4 Å². The molecule has 0 spiro atoms. The van der Waals surface area contributed by atoms with Crippen molar-refractivity contribution in [1.29, 1.82) is 5.26 Å². The second kappa shape index (κ2) is 6.63. The quantitative estimate of drug-likeness (QED) is 0.841. The summed E-state index contributed by atoms with van der Waals surface area (Å²) in [6.07, 6.45) is 1.04. The lowest BCUT2D eigenvalue weighted by Gasteiger charge is -2.25. The Balaban J connectivity index is 2.27. The summed E-state index contributed by atoms with van der Waals surface area (Å²) in [6, 6.07) is 17.9. The summed E-state index contributed by atoms with van der Waals surface area (Å²) in [4.78, 5) is 2.24. The molecule has 0 atom stereocenters. The molecular weight excluding hydrogens is 246 g/mol. The minimum absolute atomic E-state index is 0.719. The van der Waals surface area contributed by atoms with E-state index in [0.29, 0.717) is 0 Å². The second-order valence-corrected chi connectivity index (χ2v) is 4.79. The molecule has 3 nitrogen and oxygen atoms in total. The number of rotatable bonds is 5. The zero-order valence-corrected chi connectivity index (χ0v) is 11.7. The van der Waals surface area contributed by atoms with Crippen molar-refractivity contribution in [3.8, 4) is 6.07 Å². The molecule has 2 rings (SSSR count). The van der Waals surface area contributed by atoms with Crippen molar-refractivity contribution in [3.05, 3.63) is 59.7 Å². The molecule has 102 valence electrons. The molecule has 20 heavy (non-hydrogen) atoms. The Morgan fingerprint density at radius 1 is 1.10 bits per heavy atom. The van der Waals surface area contributed by atoms with E-state index in [9.17, 15) is 5.26 Å². The van der Waals surface area contributed by atoms with Crippen molar-refractivity contribution in [1.82, 2.24) is 0 Å². The van der Waals surface area contributed by atoms with Gasteiger partial charge in [-0.05, 0) is 36.2 Å². The van der Waals surface area contributed by atoms with Crippen molar-refractivity contribution < 1.29 is 0 Å². The lowest BCUT2D eigenvalue weighted by atomic mass is 10.1. The first-order chi connectivity index (χ1) is 9.74. The fourth-order valence-corrected chi connectivity index (χ4v) is 2.24. The van der Waals surface area contributed by atoms with Crippen LogP contribution in [0, 0.1) is 11.3 Å². The van der Waals surface area contributed by atoms with Crippen LogP contribution >= 0.6 is 0 Å². The topological polar surface area (TPSA) is 53.0 Å². The molecule has 2 N–H and O–H groups in total. The smallest absolute Gasteiger partial charge is 0.101 e. The van der Waals surface area contributed by atoms with Gasteiger partial charge in [0.2, 0.25) is 0 Å². The molecular formula is C17H19N3. The molecule has 0 amide bonds. The minimum Gasteiger partial charge on any atom is -0.399 e. The van der Waals surface area contributed by atoms with Crippen LogP contribution in [0.1, 0.15) is 24.5 Å². The van der Waals surface area contributed by atoms with Crippen LogP contribution in [0.3, 0.4) is 0 Å². The number of benzene rings is 2. The maximum atomic E-state index is 9.24. The van der Waals surface area contributed by atoms with Crippen LogP contribution in [0.25, 0.3) is 0 Å². The average molecular weight is 265 g/mol. The number of anilines is 2. The Labute approximate surface area is 120 Å². The summed E-state index contributed by atoms with van der Waals surface area (Å²) >= 11 is 0. The van der Waals surface area contributed by atoms with Crippen molar-refractivity contribution in [3.63, 3.8) is 0 Å². The van der Waals surface area contributed by atoms with Gasteiger partial charge in [-0.3, -0.25) is 0 Å². The summed E-state index contributed by atoms with van der Waals surface area (Å²) in [5.74, 6) is 0. The predicted octanol–water partition coefficient (Wildman–Crippen LogP) is 3.56. The molecule has 2 aromatic rings. The van der Waals surface area contributed by atoms with Gasteiger partial charge in [0.05, 0.1) is 11.3 Å². The molecule has 0 saturated carbocycles. The van der Waals surface area contributed by atoms with E-state index in [1.54, 1.807) is 0 Å². The Morgan fingerprint density at radius 2 is 1.80 bits per heavy atom. The molecule has 3 heteroatoms. The first-order valence-electron chi connectivity index (χ1n) is 6.83. The Bertz CT molecular complexity index is 596. The first kappa shape index (κ1) is 14.0. The van der Waals surface area contributed by atoms with Crippen molar-refractivity contribution in [2.24, 2.45) is 0 Å². The Hall–Kier alpha value is -2.47. The number of nitriles is 1. The average Bonchev–Trinajstić information content (AvgIpc) is 2.49. The molecule has 0 aliphatic rings. The molecule has 0 bridgehead atoms. The molecule has 0 aliphatic heterocycles. The molecule has 2 aromatic carbocycles. The number of nitrogens with zero attached hydrogens (tertiary/aromatic N) is 2. The van der Waals surface area contributed by atoms with E-state index in [4.69, 9.17) is 5.73 Å². The maximum Gasteiger partial charge on any atom is 0.101 e. The van der Waals surface area contributed by atoms with Gasteiger partial charge >= 0.3 is 0 Å². The van der Waals surface area contributed by atoms with E-state index in [1.165, 1.54) is 5.56 Å². The first-order valence-corrected chi connectivity index (χ1v) is 6.83. The van der Waals surface area contributed by atoms with Crippen LogP contribution < -0.4 is 10.6 Å². The van der Waals surface area contributed by atoms with Gasteiger partial charge in [-0.15, -0.1) is 0 Å². The summed E-state index contributed by atoms with van der Waals surface area (Å²) < 4.78 is 0. The zero-order chi connectivity index (χ0) is 14.4. The number of nitrogen functional groups attached to an aromatic ring is 1. The number of nitrogens with two attached hydrogens (primary N) is 1. The van der Waals surface area contributed by atoms with Crippen LogP contribution in [-0.2, 0) is 6.54 Å². The highest BCUT2D eigenvalue weighted by Crippen LogP contribution is 2.22. The SMILES string of the molecule is CCCN(Cc1ccc(N)cc1)c1ccccc1C#N. The van der Waals surface area contributed by atoms with E-state index in [2.05, 4.69) is 17.9 Å². The van der Waals surface area contributed by atoms with Gasteiger partial charge in [-0.1, -0.05) is 31.2 Å². The van der Waals surface area contributed by atoms with Gasteiger partial charge in [-0.2, -0.15) is 5.26 Å². The zero-order valence-electron chi connectivity index (χ0n) is 11.7. The van der Waals surface area contributed by atoms with E-state index >= 15 is 0 Å². The highest BCUT2D eigenvalue weighted by molar-refractivity contribution is 5.59. The van der Waals surface area contributed by atoms with Crippen LogP contribution in [0.2, 0.25) is 0 Å². The van der Waals surface area contributed by atoms with Crippen molar-refractivity contribution >= 4 is 11.4 Å². The van der Waals surface area contributed by atoms with Gasteiger partial charge in [-0.25, -0.2) is 0 Å². The lowest BCUT2D eigenvalue weighted by molar-refractivity contribution is 0.766. The third-order valence-electron chi connectivity index (χ3n) is 3.21. The highest BCUT2D eigenvalue weighted by atomic mass is 15.1. The van der Waals surface area contributed by atoms with Gasteiger partial charge < -0.3 is 10.6 Å². The molecule has 0 radical (unpaired) electrons. The van der Waals surface area contributed by atoms with E-state index in [-0.39, 0.29) is 0 Å². The molecule has 0 saturated heterocycles. The summed E-state index contributed by atoms with van der Waals surface area (Å²) in [5.41, 5.74) is 9.40. The normalized spacial score (nSPS) is 10.0. The van der Waals surface area contributed by atoms with Crippen molar-refractivity contribution in [2.75, 3.05) is 17.2 Å². The second-order valence-electron chi connectivity index (χ2n) is 4.79. The van der Waals surface area contributed by atoms with Gasteiger partial charge in [0.15, 0.2) is 0 Å². The van der Waals surface area contributed by atoms with Crippen LogP contribution in [-0.4, -0.2) is 6.54 Å². The molecule has 0 unspecified atom stereocenters. The summed E-state index contributed by atoms with van der Waals surface area (Å²) in [6.45, 7) is 3.85. The van der Waals surface area contributed by atoms with Crippen LogP contribution in [0.15, 0.2) is 48.5 Å². The summed E-state index contributed by atoms with van der Waals surface area (Å²) in [7, 11) is 0. The molecule has 0 aromatic heterocycles. The summed E-state index contributed by atoms with van der Waals surface area (Å²) in [5, 5.41) is 9.24. The fraction of sp³-hybridized carbons (Fsp3) is 0.235. The van der Waals surface area contributed by atoms with E-state index in [1.807, 2.05) is 48.5 Å². The minimum atomic E-state index is 0.719. The van der Waals surface area contributed by atoms with Gasteiger partial charge in [0, 0.05) is 18.8 Å². The van der Waals surface area contributed by atoms with Gasteiger partial charge in [0.25, 0.3) is 0 Å². The van der Waals surface area contributed by atoms with E-state index < -0.39 is 0 Å². The van der Waals surface area contributed by atoms with E-state index in [0.717, 1.165) is 36.4 Å². The number of hydrogen-bond donors (Lipinski definition) is 1. The third-order valence-corrected chi connectivity index (χ3v) is 3.21. The van der Waals surface area contributed by atoms with Gasteiger partial charge in [0.1, 0.15) is 6.07 Å². The Morgan fingerprint density at radius 3 is 2.45 bits per heavy atom. The maximum absolute atomic E-state index is 9.24. The third kappa shape index (κ3) is 3.30. The standard InChI is InChI=1S/C17H19N3/c1-2-11-20(13-14-7-9-16(19)10-8-14)17-6-4-3-5-15(17)12-18/h3-10H,2,11,13,19H2,1H3. The fourth-order valence-electron chi connectivity index (χ4n) is 2.24. The van der Waals surface area contributed by atoms with Crippen LogP contribution in [0.5, 0.6) is 0 Å². The number of hydrogen-bond acceptors (Lipinski definition) is 3. The van der Waals surface area contributed by atoms with Crippen molar-refractivity contribution in [2.45, 2.75) is 19.9 Å². The number of para-hydroxylation sites is 1. The lowest BCUT2D eigenvalue weighted by Crippen LogP contribution is -2.24. The largest absolute Gasteiger partial charge is 0.399 e. The molecule has 0 aliphatic carbocycles. The highest BCUT2D eigenvalue weighted by Gasteiger charge is 2.10. The Kier molecular flexibility index (Phi) is 4.62. The predicted molar refractivity (Wildman–Crippen MR) is 83.4 cm³/mol. The monoisotopic (exact) mass is 265 g/mol. The molecule has 0 heterocycles. The molecule has 0 fully saturated rings.